The number of amides is 1. The number of carbonyl (C=O) groups is 1. The van der Waals surface area contributed by atoms with Crippen LogP contribution in [0.1, 0.15) is 16.7 Å². The van der Waals surface area contributed by atoms with Crippen molar-refractivity contribution in [3.63, 3.8) is 0 Å². The summed E-state index contributed by atoms with van der Waals surface area (Å²) in [4.78, 5) is 17.5. The van der Waals surface area contributed by atoms with Crippen LogP contribution < -0.4 is 4.80 Å². The van der Waals surface area contributed by atoms with Gasteiger partial charge in [-0.25, -0.2) is 0 Å². The van der Waals surface area contributed by atoms with Crippen LogP contribution in [-0.2, 0) is 17.1 Å². The molecule has 2 aromatic carbocycles. The number of aromatic nitrogens is 1. The van der Waals surface area contributed by atoms with E-state index in [0.29, 0.717) is 12.3 Å². The third kappa shape index (κ3) is 4.34. The van der Waals surface area contributed by atoms with E-state index in [1.54, 1.807) is 23.1 Å². The van der Waals surface area contributed by atoms with Gasteiger partial charge in [-0.1, -0.05) is 53.8 Å². The van der Waals surface area contributed by atoms with Crippen molar-refractivity contribution in [2.24, 2.45) is 4.99 Å². The van der Waals surface area contributed by atoms with Crippen molar-refractivity contribution in [2.45, 2.75) is 26.1 Å². The fourth-order valence-electron chi connectivity index (χ4n) is 2.87. The number of thiazole rings is 1. The zero-order valence-electron chi connectivity index (χ0n) is 15.1. The molecule has 0 aliphatic carbocycles. The number of hydrogen-bond donors (Lipinski definition) is 0. The molecule has 5 heteroatoms. The van der Waals surface area contributed by atoms with Crippen molar-refractivity contribution in [2.75, 3.05) is 5.75 Å². The number of nitrogens with zero attached hydrogens (tertiary/aromatic N) is 2. The Kier molecular flexibility index (Phi) is 6.12. The van der Waals surface area contributed by atoms with E-state index >= 15 is 0 Å². The van der Waals surface area contributed by atoms with Gasteiger partial charge in [-0.15, -0.1) is 18.3 Å². The molecule has 3 rings (SSSR count). The number of rotatable bonds is 6. The third-order valence-corrected chi connectivity index (χ3v) is 6.20. The summed E-state index contributed by atoms with van der Waals surface area (Å²) in [6, 6.07) is 14.5. The van der Waals surface area contributed by atoms with Crippen molar-refractivity contribution in [3.05, 3.63) is 76.6 Å². The normalized spacial score (nSPS) is 11.8. The highest BCUT2D eigenvalue weighted by Crippen LogP contribution is 2.23. The Morgan fingerprint density at radius 1 is 1.27 bits per heavy atom. The Morgan fingerprint density at radius 3 is 2.77 bits per heavy atom. The Bertz CT molecular complexity index is 1000. The summed E-state index contributed by atoms with van der Waals surface area (Å²) in [5, 5.41) is 0. The van der Waals surface area contributed by atoms with E-state index in [-0.39, 0.29) is 5.91 Å². The van der Waals surface area contributed by atoms with Crippen molar-refractivity contribution >= 4 is 39.2 Å². The maximum atomic E-state index is 12.4. The van der Waals surface area contributed by atoms with Crippen LogP contribution in [0.15, 0.2) is 60.1 Å². The second-order valence-electron chi connectivity index (χ2n) is 6.20. The SMILES string of the molecule is C=CCn1c(=NC(=O)CSCc2ccccc2)sc2c(C)cc(C)cc21. The van der Waals surface area contributed by atoms with Gasteiger partial charge in [0, 0.05) is 12.3 Å². The number of benzene rings is 2. The van der Waals surface area contributed by atoms with E-state index in [9.17, 15) is 4.79 Å². The number of allylic oxidation sites excluding steroid dienone is 1. The predicted octanol–water partition coefficient (Wildman–Crippen LogP) is 4.87. The largest absolute Gasteiger partial charge is 0.312 e. The van der Waals surface area contributed by atoms with Gasteiger partial charge >= 0.3 is 0 Å². The van der Waals surface area contributed by atoms with Gasteiger partial charge in [-0.2, -0.15) is 4.99 Å². The molecule has 0 bridgehead atoms. The quantitative estimate of drug-likeness (QED) is 0.570. The molecular weight excluding hydrogens is 360 g/mol. The van der Waals surface area contributed by atoms with E-state index in [4.69, 9.17) is 0 Å². The van der Waals surface area contributed by atoms with E-state index in [0.717, 1.165) is 16.1 Å². The van der Waals surface area contributed by atoms with Crippen LogP contribution in [0.25, 0.3) is 10.2 Å². The summed E-state index contributed by atoms with van der Waals surface area (Å²) in [6.07, 6.45) is 1.84. The highest BCUT2D eigenvalue weighted by atomic mass is 32.2. The first kappa shape index (κ1) is 18.7. The van der Waals surface area contributed by atoms with Crippen molar-refractivity contribution < 1.29 is 4.79 Å². The standard InChI is InChI=1S/C21H22N2OS2/c1-4-10-23-18-12-15(2)11-16(3)20(18)26-21(23)22-19(24)14-25-13-17-8-6-5-7-9-17/h4-9,11-12H,1,10,13-14H2,2-3H3. The zero-order valence-corrected chi connectivity index (χ0v) is 16.7. The Labute approximate surface area is 162 Å². The molecular formula is C21H22N2OS2. The number of fused-ring (bicyclic) bond motifs is 1. The van der Waals surface area contributed by atoms with Gasteiger partial charge in [-0.3, -0.25) is 4.79 Å². The summed E-state index contributed by atoms with van der Waals surface area (Å²) < 4.78 is 3.26. The van der Waals surface area contributed by atoms with E-state index in [1.165, 1.54) is 21.4 Å². The molecule has 0 spiro atoms. The predicted molar refractivity (Wildman–Crippen MR) is 113 cm³/mol. The topological polar surface area (TPSA) is 34.4 Å². The lowest BCUT2D eigenvalue weighted by molar-refractivity contribution is -0.115. The lowest BCUT2D eigenvalue weighted by Gasteiger charge is -2.03. The van der Waals surface area contributed by atoms with Gasteiger partial charge in [0.1, 0.15) is 0 Å². The molecule has 26 heavy (non-hydrogen) atoms. The van der Waals surface area contributed by atoms with Gasteiger partial charge in [0.15, 0.2) is 4.80 Å². The summed E-state index contributed by atoms with van der Waals surface area (Å²) in [6.45, 7) is 8.68. The van der Waals surface area contributed by atoms with Gasteiger partial charge in [0.05, 0.1) is 16.0 Å². The van der Waals surface area contributed by atoms with Gasteiger partial charge < -0.3 is 4.57 Å². The molecule has 0 aliphatic rings. The molecule has 1 amide bonds. The molecule has 0 fully saturated rings. The van der Waals surface area contributed by atoms with E-state index in [1.807, 2.05) is 24.3 Å². The first-order valence-corrected chi connectivity index (χ1v) is 10.5. The van der Waals surface area contributed by atoms with Crippen LogP contribution in [0.3, 0.4) is 0 Å². The molecule has 1 aromatic heterocycles. The number of hydrogen-bond acceptors (Lipinski definition) is 3. The van der Waals surface area contributed by atoms with Crippen LogP contribution in [0.5, 0.6) is 0 Å². The fraction of sp³-hybridized carbons (Fsp3) is 0.238. The number of carbonyl (C=O) groups excluding carboxylic acids is 1. The molecule has 3 aromatic rings. The summed E-state index contributed by atoms with van der Waals surface area (Å²) in [5.41, 5.74) is 4.77. The molecule has 134 valence electrons. The average Bonchev–Trinajstić information content (AvgIpc) is 2.94. The van der Waals surface area contributed by atoms with Crippen LogP contribution in [-0.4, -0.2) is 16.2 Å². The lowest BCUT2D eigenvalue weighted by atomic mass is 10.1. The Hall–Kier alpha value is -2.11. The number of thioether (sulfide) groups is 1. The highest BCUT2D eigenvalue weighted by Gasteiger charge is 2.10. The van der Waals surface area contributed by atoms with Crippen LogP contribution >= 0.6 is 23.1 Å². The molecule has 1 heterocycles. The van der Waals surface area contributed by atoms with Crippen LogP contribution in [0, 0.1) is 13.8 Å². The van der Waals surface area contributed by atoms with E-state index in [2.05, 4.69) is 54.3 Å². The van der Waals surface area contributed by atoms with Crippen molar-refractivity contribution in [1.29, 1.82) is 0 Å². The van der Waals surface area contributed by atoms with Gasteiger partial charge in [0.2, 0.25) is 0 Å². The lowest BCUT2D eigenvalue weighted by Crippen LogP contribution is -2.17. The summed E-state index contributed by atoms with van der Waals surface area (Å²) >= 11 is 3.17. The molecule has 0 radical (unpaired) electrons. The van der Waals surface area contributed by atoms with Gasteiger partial charge in [0.25, 0.3) is 5.91 Å². The zero-order chi connectivity index (χ0) is 18.5. The first-order valence-electron chi connectivity index (χ1n) is 8.49. The van der Waals surface area contributed by atoms with Crippen LogP contribution in [0.4, 0.5) is 0 Å². The average molecular weight is 383 g/mol. The molecule has 0 N–H and O–H groups in total. The molecule has 0 atom stereocenters. The molecule has 0 saturated carbocycles. The second-order valence-corrected chi connectivity index (χ2v) is 8.16. The van der Waals surface area contributed by atoms with Crippen LogP contribution in [0.2, 0.25) is 0 Å². The maximum absolute atomic E-state index is 12.4. The minimum Gasteiger partial charge on any atom is -0.312 e. The number of aryl methyl sites for hydroxylation is 2. The summed E-state index contributed by atoms with van der Waals surface area (Å²) in [5.74, 6) is 1.11. The van der Waals surface area contributed by atoms with Gasteiger partial charge in [-0.05, 0) is 36.6 Å². The third-order valence-electron chi connectivity index (χ3n) is 3.98. The highest BCUT2D eigenvalue weighted by molar-refractivity contribution is 7.99. The smallest absolute Gasteiger partial charge is 0.258 e. The van der Waals surface area contributed by atoms with Crippen molar-refractivity contribution in [3.8, 4) is 0 Å². The van der Waals surface area contributed by atoms with Crippen molar-refractivity contribution in [1.82, 2.24) is 4.57 Å². The molecule has 0 aliphatic heterocycles. The molecule has 3 nitrogen and oxygen atoms in total. The molecule has 0 unspecified atom stereocenters. The Balaban J connectivity index is 1.83. The summed E-state index contributed by atoms with van der Waals surface area (Å²) in [7, 11) is 0. The minimum absolute atomic E-state index is 0.0929. The monoisotopic (exact) mass is 382 g/mol. The first-order chi connectivity index (χ1) is 12.6. The maximum Gasteiger partial charge on any atom is 0.258 e. The molecule has 0 saturated heterocycles. The Morgan fingerprint density at radius 2 is 2.04 bits per heavy atom. The van der Waals surface area contributed by atoms with E-state index < -0.39 is 0 Å². The minimum atomic E-state index is -0.0929. The second kappa shape index (κ2) is 8.52. The fourth-order valence-corrected chi connectivity index (χ4v) is 4.75.